The minimum atomic E-state index is -0.961. The Kier molecular flexibility index (Phi) is 7.03. The van der Waals surface area contributed by atoms with Crippen LogP contribution in [0.5, 0.6) is 11.5 Å². The minimum Gasteiger partial charge on any atom is -0.505 e. The molecule has 0 aliphatic carbocycles. The zero-order valence-electron chi connectivity index (χ0n) is 14.5. The van der Waals surface area contributed by atoms with Gasteiger partial charge in [0.1, 0.15) is 28.8 Å². The summed E-state index contributed by atoms with van der Waals surface area (Å²) in [4.78, 5) is 20.4. The van der Waals surface area contributed by atoms with Crippen molar-refractivity contribution in [2.24, 2.45) is 4.99 Å². The van der Waals surface area contributed by atoms with Gasteiger partial charge in [0.25, 0.3) is 0 Å². The van der Waals surface area contributed by atoms with Crippen molar-refractivity contribution < 1.29 is 28.8 Å². The van der Waals surface area contributed by atoms with Crippen LogP contribution in [0.2, 0.25) is 0 Å². The smallest absolute Gasteiger partial charge is 0.334 e. The third-order valence-corrected chi connectivity index (χ3v) is 4.70. The van der Waals surface area contributed by atoms with Crippen molar-refractivity contribution in [2.45, 2.75) is 12.5 Å². The molecule has 0 saturated heterocycles. The molecule has 1 aliphatic heterocycles. The number of carbonyl (C=O) groups excluding carboxylic acids is 1. The fourth-order valence-electron chi connectivity index (χ4n) is 2.08. The van der Waals surface area contributed by atoms with Crippen LogP contribution in [0.3, 0.4) is 0 Å². The Bertz CT molecular complexity index is 639. The van der Waals surface area contributed by atoms with Crippen LogP contribution in [0, 0.1) is 0 Å². The Hall–Kier alpha value is -1.84. The molecule has 0 unspecified atom stereocenters. The molecule has 0 radical (unpaired) electrons. The molecule has 1 N–H and O–H groups in total. The monoisotopic (exact) mass is 370 g/mol. The second-order valence-corrected chi connectivity index (χ2v) is 6.43. The van der Waals surface area contributed by atoms with Gasteiger partial charge in [0, 0.05) is 18.9 Å². The van der Waals surface area contributed by atoms with Crippen LogP contribution >= 0.6 is 11.8 Å². The standard InChI is InChI=1S/C16H22N2O6S/c1-16(15(20)22-3)10-25-14(18-16)13-12(19)8-11(9-17-13)24-7-6-23-5-4-21-2/h8-9,19H,4-7,10H2,1-3H3/t16-/m1/s1. The van der Waals surface area contributed by atoms with E-state index in [9.17, 15) is 9.90 Å². The van der Waals surface area contributed by atoms with Crippen molar-refractivity contribution in [3.63, 3.8) is 0 Å². The number of rotatable bonds is 9. The summed E-state index contributed by atoms with van der Waals surface area (Å²) in [6.45, 7) is 3.46. The Morgan fingerprint density at radius 2 is 2.08 bits per heavy atom. The van der Waals surface area contributed by atoms with E-state index in [1.165, 1.54) is 31.1 Å². The molecule has 25 heavy (non-hydrogen) atoms. The predicted molar refractivity (Wildman–Crippen MR) is 93.5 cm³/mol. The largest absolute Gasteiger partial charge is 0.505 e. The van der Waals surface area contributed by atoms with Crippen molar-refractivity contribution in [3.8, 4) is 11.5 Å². The first-order chi connectivity index (χ1) is 12.0. The molecule has 8 nitrogen and oxygen atoms in total. The maximum Gasteiger partial charge on any atom is 0.334 e. The summed E-state index contributed by atoms with van der Waals surface area (Å²) in [7, 11) is 2.93. The Morgan fingerprint density at radius 3 is 2.76 bits per heavy atom. The van der Waals surface area contributed by atoms with E-state index in [0.717, 1.165) is 0 Å². The average molecular weight is 370 g/mol. The van der Waals surface area contributed by atoms with Gasteiger partial charge in [-0.1, -0.05) is 0 Å². The number of pyridine rings is 1. The zero-order chi connectivity index (χ0) is 18.3. The molecule has 2 rings (SSSR count). The molecule has 1 aliphatic rings. The molecule has 138 valence electrons. The number of methoxy groups -OCH3 is 2. The van der Waals surface area contributed by atoms with E-state index in [0.29, 0.717) is 48.7 Å². The van der Waals surface area contributed by atoms with E-state index in [-0.39, 0.29) is 5.75 Å². The van der Waals surface area contributed by atoms with Gasteiger partial charge in [-0.2, -0.15) is 0 Å². The van der Waals surface area contributed by atoms with E-state index < -0.39 is 11.5 Å². The molecule has 9 heteroatoms. The molecule has 0 amide bonds. The summed E-state index contributed by atoms with van der Waals surface area (Å²) in [6.07, 6.45) is 1.50. The van der Waals surface area contributed by atoms with Crippen molar-refractivity contribution in [2.75, 3.05) is 46.4 Å². The quantitative estimate of drug-likeness (QED) is 0.512. The van der Waals surface area contributed by atoms with Crippen LogP contribution in [-0.4, -0.2) is 73.0 Å². The van der Waals surface area contributed by atoms with Crippen LogP contribution in [-0.2, 0) is 19.0 Å². The van der Waals surface area contributed by atoms with Crippen LogP contribution in [0.4, 0.5) is 0 Å². The first-order valence-corrected chi connectivity index (χ1v) is 8.68. The van der Waals surface area contributed by atoms with Crippen molar-refractivity contribution in [3.05, 3.63) is 18.0 Å². The molecule has 1 aromatic heterocycles. The first kappa shape index (κ1) is 19.5. The minimum absolute atomic E-state index is 0.0573. The highest BCUT2D eigenvalue weighted by molar-refractivity contribution is 8.14. The van der Waals surface area contributed by atoms with E-state index >= 15 is 0 Å². The summed E-state index contributed by atoms with van der Waals surface area (Å²) < 4.78 is 20.4. The van der Waals surface area contributed by atoms with E-state index in [2.05, 4.69) is 9.98 Å². The normalized spacial score (nSPS) is 19.6. The maximum absolute atomic E-state index is 11.8. The number of ether oxygens (including phenoxy) is 4. The number of hydrogen-bond acceptors (Lipinski definition) is 9. The molecule has 0 spiro atoms. The highest BCUT2D eigenvalue weighted by Gasteiger charge is 2.40. The van der Waals surface area contributed by atoms with Gasteiger partial charge in [-0.25, -0.2) is 9.78 Å². The Labute approximate surface area is 150 Å². The zero-order valence-corrected chi connectivity index (χ0v) is 15.3. The number of nitrogens with zero attached hydrogens (tertiary/aromatic N) is 2. The van der Waals surface area contributed by atoms with E-state index in [1.807, 2.05) is 0 Å². The van der Waals surface area contributed by atoms with Gasteiger partial charge in [0.05, 0.1) is 33.1 Å². The van der Waals surface area contributed by atoms with Gasteiger partial charge < -0.3 is 24.1 Å². The molecular weight excluding hydrogens is 348 g/mol. The maximum atomic E-state index is 11.8. The molecule has 1 atom stereocenters. The number of carbonyl (C=O) groups is 1. The van der Waals surface area contributed by atoms with Gasteiger partial charge in [0.15, 0.2) is 5.54 Å². The summed E-state index contributed by atoms with van der Waals surface area (Å²) in [5.41, 5.74) is -0.640. The third-order valence-electron chi connectivity index (χ3n) is 3.44. The molecule has 0 fully saturated rings. The highest BCUT2D eigenvalue weighted by atomic mass is 32.2. The van der Waals surface area contributed by atoms with Gasteiger partial charge in [-0.15, -0.1) is 11.8 Å². The molecular formula is C16H22N2O6S. The van der Waals surface area contributed by atoms with Gasteiger partial charge in [0.2, 0.25) is 0 Å². The average Bonchev–Trinajstić information content (AvgIpc) is 3.00. The number of thioether (sulfide) groups is 1. The first-order valence-electron chi connectivity index (χ1n) is 7.70. The second-order valence-electron chi connectivity index (χ2n) is 5.46. The molecule has 1 aromatic rings. The lowest BCUT2D eigenvalue weighted by atomic mass is 10.1. The van der Waals surface area contributed by atoms with Crippen LogP contribution in [0.25, 0.3) is 0 Å². The SMILES string of the molecule is COCCOCCOc1cnc(C2=N[C@@](C)(C(=O)OC)CS2)c(O)c1. The van der Waals surface area contributed by atoms with Crippen LogP contribution in [0.1, 0.15) is 12.6 Å². The number of aromatic nitrogens is 1. The molecule has 2 heterocycles. The number of esters is 1. The Morgan fingerprint density at radius 1 is 1.32 bits per heavy atom. The summed E-state index contributed by atoms with van der Waals surface area (Å²) in [5.74, 6) is 0.393. The van der Waals surface area contributed by atoms with Crippen molar-refractivity contribution in [1.29, 1.82) is 0 Å². The fourth-order valence-corrected chi connectivity index (χ4v) is 3.24. The number of aromatic hydroxyl groups is 1. The predicted octanol–water partition coefficient (Wildman–Crippen LogP) is 1.25. The van der Waals surface area contributed by atoms with Crippen molar-refractivity contribution >= 4 is 22.8 Å². The Balaban J connectivity index is 1.96. The number of hydrogen-bond donors (Lipinski definition) is 1. The van der Waals surface area contributed by atoms with E-state index in [4.69, 9.17) is 18.9 Å². The van der Waals surface area contributed by atoms with Gasteiger partial charge in [-0.05, 0) is 6.92 Å². The summed E-state index contributed by atoms with van der Waals surface area (Å²) >= 11 is 1.35. The lowest BCUT2D eigenvalue weighted by Crippen LogP contribution is -2.34. The molecule has 0 bridgehead atoms. The highest BCUT2D eigenvalue weighted by Crippen LogP contribution is 2.34. The third kappa shape index (κ3) is 5.07. The number of aliphatic imine (C=N–C) groups is 1. The molecule has 0 saturated carbocycles. The summed E-state index contributed by atoms with van der Waals surface area (Å²) in [6, 6.07) is 1.47. The van der Waals surface area contributed by atoms with Crippen molar-refractivity contribution in [1.82, 2.24) is 4.98 Å². The van der Waals surface area contributed by atoms with Gasteiger partial charge in [-0.3, -0.25) is 4.99 Å². The topological polar surface area (TPSA) is 99.5 Å². The summed E-state index contributed by atoms with van der Waals surface area (Å²) in [5, 5.41) is 10.7. The van der Waals surface area contributed by atoms with Gasteiger partial charge >= 0.3 is 5.97 Å². The van der Waals surface area contributed by atoms with Crippen LogP contribution < -0.4 is 4.74 Å². The van der Waals surface area contributed by atoms with Crippen LogP contribution in [0.15, 0.2) is 17.3 Å². The lowest BCUT2D eigenvalue weighted by molar-refractivity contribution is -0.145. The molecule has 0 aromatic carbocycles. The second kappa shape index (κ2) is 9.02. The lowest BCUT2D eigenvalue weighted by Gasteiger charge is -2.15. The van der Waals surface area contributed by atoms with E-state index in [1.54, 1.807) is 14.0 Å². The fraction of sp³-hybridized carbons (Fsp3) is 0.562.